The van der Waals surface area contributed by atoms with Crippen molar-refractivity contribution in [2.75, 3.05) is 13.2 Å². The van der Waals surface area contributed by atoms with Crippen LogP contribution in [0.1, 0.15) is 35.4 Å². The zero-order valence-corrected chi connectivity index (χ0v) is 15.8. The van der Waals surface area contributed by atoms with Crippen molar-refractivity contribution in [3.05, 3.63) is 58.9 Å². The summed E-state index contributed by atoms with van der Waals surface area (Å²) in [5, 5.41) is 3.33. The number of likely N-dealkylation sites (tertiary alicyclic amines) is 1. The van der Waals surface area contributed by atoms with Crippen LogP contribution in [-0.2, 0) is 0 Å². The molecule has 4 rings (SSSR count). The number of rotatable bonds is 3. The lowest BCUT2D eigenvalue weighted by Gasteiger charge is -2.30. The summed E-state index contributed by atoms with van der Waals surface area (Å²) in [6, 6.07) is 13.1. The van der Waals surface area contributed by atoms with Crippen LogP contribution in [0.3, 0.4) is 0 Å². The van der Waals surface area contributed by atoms with Crippen LogP contribution in [0, 0.1) is 0 Å². The van der Waals surface area contributed by atoms with Crippen LogP contribution in [0.25, 0.3) is 0 Å². The third kappa shape index (κ3) is 2.93. The van der Waals surface area contributed by atoms with Crippen molar-refractivity contribution < 1.29 is 9.53 Å². The molecule has 0 radical (unpaired) electrons. The van der Waals surface area contributed by atoms with Crippen molar-refractivity contribution in [3.63, 3.8) is 0 Å². The first-order valence-corrected chi connectivity index (χ1v) is 9.24. The lowest BCUT2D eigenvalue weighted by Crippen LogP contribution is -2.51. The van der Waals surface area contributed by atoms with Crippen molar-refractivity contribution in [2.24, 2.45) is 0 Å². The van der Waals surface area contributed by atoms with E-state index in [-0.39, 0.29) is 22.8 Å². The van der Waals surface area contributed by atoms with Gasteiger partial charge in [-0.1, -0.05) is 48.1 Å². The molecule has 0 saturated carbocycles. The van der Waals surface area contributed by atoms with Crippen LogP contribution in [0.5, 0.6) is 5.75 Å². The van der Waals surface area contributed by atoms with Crippen LogP contribution >= 0.6 is 23.8 Å². The first-order valence-electron chi connectivity index (χ1n) is 8.46. The Morgan fingerprint density at radius 1 is 1.35 bits per heavy atom. The van der Waals surface area contributed by atoms with Gasteiger partial charge >= 0.3 is 0 Å². The summed E-state index contributed by atoms with van der Waals surface area (Å²) in [4.78, 5) is 19.5. The minimum absolute atomic E-state index is 0.0849. The molecule has 3 heterocycles. The molecule has 0 spiro atoms. The number of aromatic nitrogens is 1. The van der Waals surface area contributed by atoms with Gasteiger partial charge < -0.3 is 15.0 Å². The SMILES string of the molecule is C[C@@]1(NC(=O)c2cccc(Cl)n2)CCN([C@@H]2COc3ccccc32)C1=S. The Morgan fingerprint density at radius 3 is 2.96 bits per heavy atom. The lowest BCUT2D eigenvalue weighted by molar-refractivity contribution is 0.0923. The number of hydrogen-bond acceptors (Lipinski definition) is 4. The third-order valence-corrected chi connectivity index (χ3v) is 5.87. The summed E-state index contributed by atoms with van der Waals surface area (Å²) in [5.41, 5.74) is 0.824. The number of amides is 1. The second-order valence-corrected chi connectivity index (χ2v) is 7.52. The van der Waals surface area contributed by atoms with Crippen LogP contribution in [0.15, 0.2) is 42.5 Å². The molecule has 1 aromatic carbocycles. The molecule has 7 heteroatoms. The fourth-order valence-electron chi connectivity index (χ4n) is 3.54. The zero-order chi connectivity index (χ0) is 18.3. The maximum atomic E-state index is 12.6. The molecule has 0 bridgehead atoms. The van der Waals surface area contributed by atoms with Gasteiger partial charge in [-0.25, -0.2) is 4.98 Å². The number of halogens is 1. The fraction of sp³-hybridized carbons (Fsp3) is 0.316. The van der Waals surface area contributed by atoms with Gasteiger partial charge in [0.15, 0.2) is 0 Å². The number of hydrogen-bond donors (Lipinski definition) is 1. The van der Waals surface area contributed by atoms with Crippen molar-refractivity contribution in [3.8, 4) is 5.75 Å². The van der Waals surface area contributed by atoms with E-state index in [1.165, 1.54) is 0 Å². The molecule has 26 heavy (non-hydrogen) atoms. The molecule has 1 fully saturated rings. The molecule has 1 aromatic heterocycles. The first-order chi connectivity index (χ1) is 12.5. The fourth-order valence-corrected chi connectivity index (χ4v) is 4.07. The molecule has 1 saturated heterocycles. The van der Waals surface area contributed by atoms with E-state index in [0.717, 1.165) is 29.3 Å². The second kappa shape index (κ2) is 6.52. The maximum Gasteiger partial charge on any atom is 0.270 e. The van der Waals surface area contributed by atoms with Gasteiger partial charge in [0.25, 0.3) is 5.91 Å². The number of carbonyl (C=O) groups is 1. The molecule has 1 N–H and O–H groups in total. The van der Waals surface area contributed by atoms with E-state index in [0.29, 0.717) is 6.61 Å². The van der Waals surface area contributed by atoms with E-state index in [9.17, 15) is 4.79 Å². The third-order valence-electron chi connectivity index (χ3n) is 4.97. The number of nitrogens with zero attached hydrogens (tertiary/aromatic N) is 2. The lowest BCUT2D eigenvalue weighted by atomic mass is 10.0. The molecule has 2 atom stereocenters. The maximum absolute atomic E-state index is 12.6. The molecular weight excluding hydrogens is 370 g/mol. The van der Waals surface area contributed by atoms with Crippen molar-refractivity contribution >= 4 is 34.7 Å². The molecule has 1 amide bonds. The van der Waals surface area contributed by atoms with Gasteiger partial charge in [0, 0.05) is 12.1 Å². The van der Waals surface area contributed by atoms with Crippen molar-refractivity contribution in [1.29, 1.82) is 0 Å². The summed E-state index contributed by atoms with van der Waals surface area (Å²) < 4.78 is 5.79. The number of fused-ring (bicyclic) bond motifs is 1. The average molecular weight is 388 g/mol. The molecule has 2 aromatic rings. The summed E-state index contributed by atoms with van der Waals surface area (Å²) in [7, 11) is 0. The molecule has 0 aliphatic carbocycles. The van der Waals surface area contributed by atoms with Gasteiger partial charge in [-0.05, 0) is 31.5 Å². The summed E-state index contributed by atoms with van der Waals surface area (Å²) in [6.07, 6.45) is 0.733. The molecule has 134 valence electrons. The van der Waals surface area contributed by atoms with E-state index < -0.39 is 5.54 Å². The summed E-state index contributed by atoms with van der Waals surface area (Å²) >= 11 is 11.6. The Hall–Kier alpha value is -2.18. The van der Waals surface area contributed by atoms with Gasteiger partial charge in [-0.2, -0.15) is 0 Å². The average Bonchev–Trinajstić information content (AvgIpc) is 3.17. The monoisotopic (exact) mass is 387 g/mol. The Balaban J connectivity index is 1.52. The number of pyridine rings is 1. The highest BCUT2D eigenvalue weighted by molar-refractivity contribution is 7.80. The smallest absolute Gasteiger partial charge is 0.270 e. The van der Waals surface area contributed by atoms with Gasteiger partial charge in [-0.3, -0.25) is 4.79 Å². The molecule has 2 aliphatic heterocycles. The number of nitrogens with one attached hydrogen (secondary N) is 1. The number of para-hydroxylation sites is 1. The zero-order valence-electron chi connectivity index (χ0n) is 14.2. The van der Waals surface area contributed by atoms with Crippen LogP contribution in [-0.4, -0.2) is 39.5 Å². The summed E-state index contributed by atoms with van der Waals surface area (Å²) in [5.74, 6) is 0.628. The molecule has 5 nitrogen and oxygen atoms in total. The Labute approximate surface area is 162 Å². The van der Waals surface area contributed by atoms with Crippen LogP contribution in [0.4, 0.5) is 0 Å². The van der Waals surface area contributed by atoms with Gasteiger partial charge in [-0.15, -0.1) is 0 Å². The van der Waals surface area contributed by atoms with Crippen molar-refractivity contribution in [2.45, 2.75) is 24.9 Å². The Kier molecular flexibility index (Phi) is 4.32. The Bertz CT molecular complexity index is 891. The van der Waals surface area contributed by atoms with Gasteiger partial charge in [0.2, 0.25) is 0 Å². The first kappa shape index (κ1) is 17.2. The van der Waals surface area contributed by atoms with Crippen LogP contribution < -0.4 is 10.1 Å². The standard InChI is InChI=1S/C19H18ClN3O2S/c1-19(22-17(24)13-6-4-8-16(20)21-13)9-10-23(18(19)26)14-11-25-15-7-3-2-5-12(14)15/h2-8,14H,9-11H2,1H3,(H,22,24)/t14-,19-/m1/s1. The number of ether oxygens (including phenoxy) is 1. The van der Waals surface area contributed by atoms with Gasteiger partial charge in [0.05, 0.1) is 11.6 Å². The highest BCUT2D eigenvalue weighted by Crippen LogP contribution is 2.40. The Morgan fingerprint density at radius 2 is 2.15 bits per heavy atom. The van der Waals surface area contributed by atoms with E-state index in [1.807, 2.05) is 25.1 Å². The second-order valence-electron chi connectivity index (χ2n) is 6.74. The molecule has 2 aliphatic rings. The largest absolute Gasteiger partial charge is 0.491 e. The number of carbonyl (C=O) groups excluding carboxylic acids is 1. The molecular formula is C19H18ClN3O2S. The minimum atomic E-state index is -0.603. The quantitative estimate of drug-likeness (QED) is 0.646. The van der Waals surface area contributed by atoms with Crippen molar-refractivity contribution in [1.82, 2.24) is 15.2 Å². The van der Waals surface area contributed by atoms with E-state index >= 15 is 0 Å². The van der Waals surface area contributed by atoms with Crippen LogP contribution in [0.2, 0.25) is 5.15 Å². The number of benzene rings is 1. The minimum Gasteiger partial charge on any atom is -0.491 e. The predicted octanol–water partition coefficient (Wildman–Crippen LogP) is 3.39. The highest BCUT2D eigenvalue weighted by atomic mass is 35.5. The van der Waals surface area contributed by atoms with Gasteiger partial charge in [0.1, 0.15) is 28.2 Å². The van der Waals surface area contributed by atoms with E-state index in [2.05, 4.69) is 21.3 Å². The van der Waals surface area contributed by atoms with E-state index in [1.54, 1.807) is 18.2 Å². The predicted molar refractivity (Wildman–Crippen MR) is 104 cm³/mol. The highest BCUT2D eigenvalue weighted by Gasteiger charge is 2.45. The topological polar surface area (TPSA) is 54.5 Å². The number of thiocarbonyl (C=S) groups is 1. The van der Waals surface area contributed by atoms with E-state index in [4.69, 9.17) is 28.6 Å². The normalized spacial score (nSPS) is 24.3. The molecule has 0 unspecified atom stereocenters. The summed E-state index contributed by atoms with van der Waals surface area (Å²) in [6.45, 7) is 3.29.